The summed E-state index contributed by atoms with van der Waals surface area (Å²) in [4.78, 5) is 72.8. The first-order chi connectivity index (χ1) is 46.6. The lowest BCUT2D eigenvalue weighted by Gasteiger charge is -2.21. The Morgan fingerprint density at radius 2 is 0.433 bits per heavy atom. The molecule has 0 aromatic rings. The summed E-state index contributed by atoms with van der Waals surface area (Å²) in [7, 11) is -9.91. The van der Waals surface area contributed by atoms with E-state index in [2.05, 4.69) is 55.4 Å². The Balaban J connectivity index is 5.16. The van der Waals surface area contributed by atoms with Crippen molar-refractivity contribution in [3.8, 4) is 0 Å². The molecule has 0 aliphatic rings. The predicted molar refractivity (Wildman–Crippen MR) is 395 cm³/mol. The van der Waals surface area contributed by atoms with Crippen molar-refractivity contribution < 1.29 is 80.2 Å². The minimum atomic E-state index is -4.96. The van der Waals surface area contributed by atoms with Gasteiger partial charge in [-0.3, -0.25) is 37.3 Å². The quantitative estimate of drug-likeness (QED) is 0.0222. The molecule has 0 fully saturated rings. The Morgan fingerprint density at radius 3 is 0.639 bits per heavy atom. The van der Waals surface area contributed by atoms with Crippen molar-refractivity contribution in [1.29, 1.82) is 0 Å². The zero-order valence-corrected chi connectivity index (χ0v) is 65.5. The fourth-order valence-corrected chi connectivity index (χ4v) is 13.5. The second-order valence-corrected chi connectivity index (χ2v) is 32.9. The maximum atomic E-state index is 13.1. The van der Waals surface area contributed by atoms with Crippen molar-refractivity contribution in [3.05, 3.63) is 0 Å². The zero-order chi connectivity index (χ0) is 71.7. The van der Waals surface area contributed by atoms with Crippen molar-refractivity contribution in [1.82, 2.24) is 0 Å². The number of carbonyl (C=O) groups excluding carboxylic acids is 4. The molecule has 0 aromatic carbocycles. The van der Waals surface area contributed by atoms with E-state index in [0.29, 0.717) is 37.5 Å². The van der Waals surface area contributed by atoms with Gasteiger partial charge in [0.1, 0.15) is 19.3 Å². The molecule has 0 amide bonds. The van der Waals surface area contributed by atoms with E-state index < -0.39 is 97.5 Å². The first-order valence-corrected chi connectivity index (χ1v) is 43.2. The fraction of sp³-hybridized carbons (Fsp3) is 0.949. The molecule has 0 saturated heterocycles. The molecule has 0 spiro atoms. The van der Waals surface area contributed by atoms with Gasteiger partial charge in [-0.05, 0) is 49.4 Å². The molecule has 0 heterocycles. The van der Waals surface area contributed by atoms with Crippen LogP contribution in [0.4, 0.5) is 0 Å². The van der Waals surface area contributed by atoms with Gasteiger partial charge in [0.2, 0.25) is 0 Å². The Hall–Kier alpha value is -1.94. The van der Waals surface area contributed by atoms with E-state index >= 15 is 0 Å². The van der Waals surface area contributed by atoms with Gasteiger partial charge >= 0.3 is 39.5 Å². The second kappa shape index (κ2) is 67.2. The molecule has 0 rings (SSSR count). The largest absolute Gasteiger partial charge is 0.472 e. The summed E-state index contributed by atoms with van der Waals surface area (Å²) in [6.45, 7) is 14.2. The molecule has 0 aliphatic heterocycles. The number of unbranched alkanes of at least 4 members (excludes halogenated alkanes) is 41. The SMILES string of the molecule is CC(C)CCCCCCCCCCCCCCCCCCC(=O)O[C@H](COC(=O)CCCCCCCCCC(C)C)COP(=O)(O)OCC(O)COP(=O)(O)OC[C@@H](COC(=O)CCCCCCCCCCCCCCCCCC(C)C)OC(=O)CCCCCCCCCC(C)C. The summed E-state index contributed by atoms with van der Waals surface area (Å²) in [5, 5.41) is 10.6. The third-order valence-corrected chi connectivity index (χ3v) is 20.0. The summed E-state index contributed by atoms with van der Waals surface area (Å²) < 4.78 is 68.5. The van der Waals surface area contributed by atoms with Gasteiger partial charge in [-0.25, -0.2) is 9.13 Å². The monoisotopic (exact) mass is 1420 g/mol. The molecular formula is C78H152O17P2. The number of phosphoric acid groups is 2. The average molecular weight is 1420 g/mol. The Labute approximate surface area is 594 Å². The van der Waals surface area contributed by atoms with Gasteiger partial charge in [-0.15, -0.1) is 0 Å². The van der Waals surface area contributed by atoms with Crippen molar-refractivity contribution in [2.75, 3.05) is 39.6 Å². The van der Waals surface area contributed by atoms with E-state index in [0.717, 1.165) is 108 Å². The minimum Gasteiger partial charge on any atom is -0.462 e. The minimum absolute atomic E-state index is 0.103. The van der Waals surface area contributed by atoms with Crippen LogP contribution in [-0.4, -0.2) is 96.7 Å². The molecule has 0 aromatic heterocycles. The smallest absolute Gasteiger partial charge is 0.462 e. The number of rotatable bonds is 75. The van der Waals surface area contributed by atoms with Crippen LogP contribution in [0.25, 0.3) is 0 Å². The summed E-state index contributed by atoms with van der Waals surface area (Å²) in [6, 6.07) is 0. The van der Waals surface area contributed by atoms with Gasteiger partial charge in [-0.2, -0.15) is 0 Å². The van der Waals surface area contributed by atoms with Crippen LogP contribution in [0.5, 0.6) is 0 Å². The summed E-state index contributed by atoms with van der Waals surface area (Å²) in [5.41, 5.74) is 0. The van der Waals surface area contributed by atoms with Crippen molar-refractivity contribution in [2.45, 2.75) is 414 Å². The number of esters is 4. The fourth-order valence-electron chi connectivity index (χ4n) is 11.9. The number of aliphatic hydroxyl groups excluding tert-OH is 1. The molecule has 3 N–H and O–H groups in total. The van der Waals surface area contributed by atoms with Gasteiger partial charge in [0.05, 0.1) is 26.4 Å². The maximum Gasteiger partial charge on any atom is 0.472 e. The first kappa shape index (κ1) is 95.1. The molecule has 0 radical (unpaired) electrons. The zero-order valence-electron chi connectivity index (χ0n) is 63.7. The van der Waals surface area contributed by atoms with Crippen LogP contribution in [0.3, 0.4) is 0 Å². The number of hydrogen-bond donors (Lipinski definition) is 3. The molecular weight excluding hydrogens is 1270 g/mol. The lowest BCUT2D eigenvalue weighted by atomic mass is 10.0. The molecule has 576 valence electrons. The highest BCUT2D eigenvalue weighted by atomic mass is 31.2. The molecule has 0 bridgehead atoms. The van der Waals surface area contributed by atoms with Gasteiger partial charge in [0.15, 0.2) is 12.2 Å². The van der Waals surface area contributed by atoms with Crippen LogP contribution < -0.4 is 0 Å². The Bertz CT molecular complexity index is 1900. The molecule has 5 atom stereocenters. The number of ether oxygens (including phenoxy) is 4. The molecule has 0 aliphatic carbocycles. The molecule has 3 unspecified atom stereocenters. The van der Waals surface area contributed by atoms with Crippen molar-refractivity contribution in [2.24, 2.45) is 23.7 Å². The van der Waals surface area contributed by atoms with Crippen molar-refractivity contribution in [3.63, 3.8) is 0 Å². The van der Waals surface area contributed by atoms with Gasteiger partial charge in [0.25, 0.3) is 0 Å². The second-order valence-electron chi connectivity index (χ2n) is 30.0. The highest BCUT2D eigenvalue weighted by Crippen LogP contribution is 2.45. The van der Waals surface area contributed by atoms with E-state index in [-0.39, 0.29) is 25.7 Å². The highest BCUT2D eigenvalue weighted by Gasteiger charge is 2.30. The lowest BCUT2D eigenvalue weighted by Crippen LogP contribution is -2.30. The number of phosphoric ester groups is 2. The van der Waals surface area contributed by atoms with E-state index in [1.165, 1.54) is 193 Å². The summed E-state index contributed by atoms with van der Waals surface area (Å²) in [5.74, 6) is 0.895. The Morgan fingerprint density at radius 1 is 0.258 bits per heavy atom. The van der Waals surface area contributed by atoms with E-state index in [1.807, 2.05) is 0 Å². The van der Waals surface area contributed by atoms with Crippen LogP contribution >= 0.6 is 15.6 Å². The van der Waals surface area contributed by atoms with Gasteiger partial charge < -0.3 is 33.8 Å². The predicted octanol–water partition coefficient (Wildman–Crippen LogP) is 22.8. The summed E-state index contributed by atoms with van der Waals surface area (Å²) in [6.07, 6.45) is 53.0. The first-order valence-electron chi connectivity index (χ1n) is 40.2. The number of aliphatic hydroxyl groups is 1. The molecule has 17 nitrogen and oxygen atoms in total. The average Bonchev–Trinajstić information content (AvgIpc) is 1.02. The summed E-state index contributed by atoms with van der Waals surface area (Å²) >= 11 is 0. The Kier molecular flexibility index (Phi) is 65.9. The molecule has 0 saturated carbocycles. The highest BCUT2D eigenvalue weighted by molar-refractivity contribution is 7.47. The molecule has 19 heteroatoms. The van der Waals surface area contributed by atoms with Gasteiger partial charge in [0, 0.05) is 25.7 Å². The van der Waals surface area contributed by atoms with E-state index in [1.54, 1.807) is 0 Å². The van der Waals surface area contributed by atoms with Crippen LogP contribution in [0.15, 0.2) is 0 Å². The van der Waals surface area contributed by atoms with Gasteiger partial charge in [-0.1, -0.05) is 344 Å². The van der Waals surface area contributed by atoms with Crippen LogP contribution in [0, 0.1) is 23.7 Å². The van der Waals surface area contributed by atoms with Crippen molar-refractivity contribution >= 4 is 39.5 Å². The standard InChI is InChI=1S/C78H152O17P2/c1-68(2)54-46-38-30-24-20-16-12-9-10-14-19-23-27-35-44-52-60-77(82)94-73(65-89-76(81)59-51-43-36-28-32-40-48-56-70(5)6)66-92-96(84,85)90-62-72(79)63-91-97(86,87)93-67-74(95-78(83)61-53-45-37-29-33-41-49-57-71(7)8)64-88-75(80)58-50-42-34-26-22-18-15-11-13-17-21-25-31-39-47-55-69(3)4/h68-74,79H,9-67H2,1-8H3,(H,84,85)(H,86,87)/t72?,73-,74-/m1/s1. The lowest BCUT2D eigenvalue weighted by molar-refractivity contribution is -0.161. The van der Waals surface area contributed by atoms with E-state index in [9.17, 15) is 43.2 Å². The van der Waals surface area contributed by atoms with Crippen LogP contribution in [0.1, 0.15) is 396 Å². The third-order valence-electron chi connectivity index (χ3n) is 18.1. The van der Waals surface area contributed by atoms with E-state index in [4.69, 9.17) is 37.0 Å². The maximum absolute atomic E-state index is 13.1. The number of hydrogen-bond acceptors (Lipinski definition) is 15. The van der Waals surface area contributed by atoms with Crippen LogP contribution in [-0.2, 0) is 65.4 Å². The normalized spacial score (nSPS) is 14.1. The molecule has 97 heavy (non-hydrogen) atoms. The topological polar surface area (TPSA) is 237 Å². The van der Waals surface area contributed by atoms with Crippen LogP contribution in [0.2, 0.25) is 0 Å². The third kappa shape index (κ3) is 72.2. The number of carbonyl (C=O) groups is 4.